The topological polar surface area (TPSA) is 194 Å². The van der Waals surface area contributed by atoms with E-state index in [1.54, 1.807) is 47.5 Å². The molecule has 1 heterocycles. The summed E-state index contributed by atoms with van der Waals surface area (Å²) in [6.45, 7) is 3.10. The number of amides is 3. The summed E-state index contributed by atoms with van der Waals surface area (Å²) in [5.74, 6) is -2.64. The SMILES string of the molecule is CCOC(=O)C(O)c1ccc(NC(=O)CCCCn2cc(CNC(=O)C(CCOCc3ccccc3)CC(=O)NO)nn2)cc1. The van der Waals surface area contributed by atoms with Crippen LogP contribution < -0.4 is 16.1 Å². The van der Waals surface area contributed by atoms with Crippen molar-refractivity contribution in [1.29, 1.82) is 0 Å². The Morgan fingerprint density at radius 3 is 2.47 bits per heavy atom. The molecule has 14 nitrogen and oxygen atoms in total. The highest BCUT2D eigenvalue weighted by Crippen LogP contribution is 2.18. The van der Waals surface area contributed by atoms with Gasteiger partial charge in [-0.3, -0.25) is 24.3 Å². The number of rotatable bonds is 19. The molecule has 2 atom stereocenters. The lowest BCUT2D eigenvalue weighted by Crippen LogP contribution is -2.34. The monoisotopic (exact) mass is 624 g/mol. The van der Waals surface area contributed by atoms with E-state index in [0.29, 0.717) is 42.9 Å². The number of nitrogens with one attached hydrogen (secondary N) is 3. The van der Waals surface area contributed by atoms with Crippen molar-refractivity contribution in [3.05, 3.63) is 77.6 Å². The smallest absolute Gasteiger partial charge is 0.339 e. The Hall–Kier alpha value is -4.66. The molecule has 5 N–H and O–H groups in total. The van der Waals surface area contributed by atoms with E-state index in [4.69, 9.17) is 14.7 Å². The normalized spacial score (nSPS) is 12.2. The number of esters is 1. The molecule has 3 amide bonds. The standard InChI is InChI=1S/C31H40N6O8/c1-2-45-31(42)29(40)23-11-13-25(14-12-23)33-27(38)10-6-7-16-37-20-26(34-36-37)19-32-30(41)24(18-28(39)35-43)15-17-44-21-22-8-4-3-5-9-22/h3-5,8-9,11-14,20,24,29,40,43H,2,6-7,10,15-19,21H2,1H3,(H,32,41)(H,33,38)(H,35,39). The van der Waals surface area contributed by atoms with Gasteiger partial charge in [-0.25, -0.2) is 10.3 Å². The number of nitrogens with zero attached hydrogens (tertiary/aromatic N) is 3. The van der Waals surface area contributed by atoms with Crippen LogP contribution in [0.15, 0.2) is 60.8 Å². The van der Waals surface area contributed by atoms with Crippen LogP contribution in [-0.2, 0) is 48.3 Å². The third-order valence-corrected chi connectivity index (χ3v) is 6.74. The van der Waals surface area contributed by atoms with Gasteiger partial charge in [0.2, 0.25) is 17.7 Å². The van der Waals surface area contributed by atoms with Crippen LogP contribution in [-0.4, -0.2) is 62.2 Å². The maximum absolute atomic E-state index is 12.8. The molecule has 0 radical (unpaired) electrons. The summed E-state index contributed by atoms with van der Waals surface area (Å²) in [6.07, 6.45) is 1.95. The Bertz CT molecular complexity index is 1370. The van der Waals surface area contributed by atoms with Gasteiger partial charge in [-0.2, -0.15) is 0 Å². The molecule has 0 saturated heterocycles. The number of hydrogen-bond donors (Lipinski definition) is 5. The van der Waals surface area contributed by atoms with Crippen molar-refractivity contribution in [3.63, 3.8) is 0 Å². The maximum Gasteiger partial charge on any atom is 0.339 e. The number of unbranched alkanes of at least 4 members (excludes halogenated alkanes) is 1. The van der Waals surface area contributed by atoms with Crippen molar-refractivity contribution in [1.82, 2.24) is 25.8 Å². The van der Waals surface area contributed by atoms with Gasteiger partial charge in [-0.1, -0.05) is 47.7 Å². The quantitative estimate of drug-likeness (QED) is 0.0572. The molecule has 0 fully saturated rings. The number of hydroxylamine groups is 1. The van der Waals surface area contributed by atoms with Gasteiger partial charge in [0, 0.05) is 37.6 Å². The van der Waals surface area contributed by atoms with Gasteiger partial charge < -0.3 is 25.2 Å². The fourth-order valence-corrected chi connectivity index (χ4v) is 4.32. The lowest BCUT2D eigenvalue weighted by atomic mass is 10.0. The minimum Gasteiger partial charge on any atom is -0.464 e. The zero-order valence-corrected chi connectivity index (χ0v) is 25.2. The van der Waals surface area contributed by atoms with Crippen LogP contribution in [0.5, 0.6) is 0 Å². The number of carbonyl (C=O) groups excluding carboxylic acids is 4. The van der Waals surface area contributed by atoms with Gasteiger partial charge in [0.1, 0.15) is 5.69 Å². The highest BCUT2D eigenvalue weighted by atomic mass is 16.5. The van der Waals surface area contributed by atoms with Gasteiger partial charge in [-0.05, 0) is 49.4 Å². The van der Waals surface area contributed by atoms with Crippen molar-refractivity contribution in [2.24, 2.45) is 5.92 Å². The molecule has 242 valence electrons. The average Bonchev–Trinajstić information content (AvgIpc) is 3.51. The summed E-state index contributed by atoms with van der Waals surface area (Å²) >= 11 is 0. The molecule has 0 aliphatic carbocycles. The number of aliphatic hydroxyl groups excluding tert-OH is 1. The van der Waals surface area contributed by atoms with E-state index in [-0.39, 0.29) is 50.8 Å². The zero-order valence-electron chi connectivity index (χ0n) is 25.2. The van der Waals surface area contributed by atoms with E-state index < -0.39 is 23.9 Å². The Morgan fingerprint density at radius 2 is 1.76 bits per heavy atom. The van der Waals surface area contributed by atoms with Crippen molar-refractivity contribution >= 4 is 29.4 Å². The summed E-state index contributed by atoms with van der Waals surface area (Å²) in [5.41, 5.74) is 4.01. The zero-order chi connectivity index (χ0) is 32.4. The van der Waals surface area contributed by atoms with Crippen LogP contribution in [0, 0.1) is 5.92 Å². The first-order chi connectivity index (χ1) is 21.8. The van der Waals surface area contributed by atoms with Gasteiger partial charge in [0.25, 0.3) is 0 Å². The highest BCUT2D eigenvalue weighted by Gasteiger charge is 2.22. The van der Waals surface area contributed by atoms with Crippen molar-refractivity contribution < 1.29 is 39.0 Å². The number of ether oxygens (including phenoxy) is 2. The molecule has 14 heteroatoms. The molecular formula is C31H40N6O8. The summed E-state index contributed by atoms with van der Waals surface area (Å²) in [6, 6.07) is 15.9. The summed E-state index contributed by atoms with van der Waals surface area (Å²) < 4.78 is 12.1. The first-order valence-corrected chi connectivity index (χ1v) is 14.7. The van der Waals surface area contributed by atoms with E-state index in [1.165, 1.54) is 0 Å². The molecule has 0 aliphatic heterocycles. The molecule has 0 bridgehead atoms. The Morgan fingerprint density at radius 1 is 1.00 bits per heavy atom. The fourth-order valence-electron chi connectivity index (χ4n) is 4.32. The number of benzene rings is 2. The van der Waals surface area contributed by atoms with Crippen molar-refractivity contribution in [2.75, 3.05) is 18.5 Å². The van der Waals surface area contributed by atoms with Gasteiger partial charge in [-0.15, -0.1) is 5.10 Å². The number of aliphatic hydroxyl groups is 1. The molecule has 3 rings (SSSR count). The third-order valence-electron chi connectivity index (χ3n) is 6.74. The average molecular weight is 625 g/mol. The lowest BCUT2D eigenvalue weighted by Gasteiger charge is -2.15. The fraction of sp³-hybridized carbons (Fsp3) is 0.419. The van der Waals surface area contributed by atoms with E-state index >= 15 is 0 Å². The van der Waals surface area contributed by atoms with Crippen LogP contribution in [0.1, 0.15) is 62.0 Å². The molecule has 0 aliphatic rings. The van der Waals surface area contributed by atoms with Crippen molar-refractivity contribution in [2.45, 2.75) is 64.8 Å². The first kappa shape index (κ1) is 34.8. The van der Waals surface area contributed by atoms with Gasteiger partial charge in [0.05, 0.1) is 26.0 Å². The van der Waals surface area contributed by atoms with Crippen LogP contribution in [0.2, 0.25) is 0 Å². The molecule has 45 heavy (non-hydrogen) atoms. The van der Waals surface area contributed by atoms with E-state index in [0.717, 1.165) is 5.56 Å². The Kier molecular flexibility index (Phi) is 14.6. The second-order valence-electron chi connectivity index (χ2n) is 10.2. The largest absolute Gasteiger partial charge is 0.464 e. The number of aromatic nitrogens is 3. The van der Waals surface area contributed by atoms with E-state index in [9.17, 15) is 24.3 Å². The number of anilines is 1. The lowest BCUT2D eigenvalue weighted by molar-refractivity contribution is -0.153. The van der Waals surface area contributed by atoms with Crippen LogP contribution in [0.4, 0.5) is 5.69 Å². The molecule has 1 aromatic heterocycles. The van der Waals surface area contributed by atoms with Crippen molar-refractivity contribution in [3.8, 4) is 0 Å². The van der Waals surface area contributed by atoms with Gasteiger partial charge >= 0.3 is 5.97 Å². The van der Waals surface area contributed by atoms with Crippen LogP contribution in [0.3, 0.4) is 0 Å². The second kappa shape index (κ2) is 18.9. The van der Waals surface area contributed by atoms with E-state index in [1.807, 2.05) is 30.3 Å². The number of hydrogen-bond acceptors (Lipinski definition) is 10. The third kappa shape index (κ3) is 12.5. The Balaban J connectivity index is 1.35. The molecule has 3 aromatic rings. The molecule has 0 saturated carbocycles. The Labute approximate surface area is 261 Å². The highest BCUT2D eigenvalue weighted by molar-refractivity contribution is 5.90. The predicted octanol–water partition coefficient (Wildman–Crippen LogP) is 2.42. The summed E-state index contributed by atoms with van der Waals surface area (Å²) in [7, 11) is 0. The first-order valence-electron chi connectivity index (χ1n) is 14.7. The van der Waals surface area contributed by atoms with Gasteiger partial charge in [0.15, 0.2) is 6.10 Å². The number of aryl methyl sites for hydroxylation is 1. The predicted molar refractivity (Wildman–Crippen MR) is 161 cm³/mol. The maximum atomic E-state index is 12.8. The van der Waals surface area contributed by atoms with Crippen LogP contribution in [0.25, 0.3) is 0 Å². The van der Waals surface area contributed by atoms with Crippen LogP contribution >= 0.6 is 0 Å². The minimum atomic E-state index is -1.38. The molecule has 0 spiro atoms. The minimum absolute atomic E-state index is 0.110. The van der Waals surface area contributed by atoms with E-state index in [2.05, 4.69) is 20.9 Å². The summed E-state index contributed by atoms with van der Waals surface area (Å²) in [4.78, 5) is 48.5. The molecular weight excluding hydrogens is 584 g/mol. The second-order valence-corrected chi connectivity index (χ2v) is 10.2. The number of carbonyl (C=O) groups is 4. The summed E-state index contributed by atoms with van der Waals surface area (Å²) in [5, 5.41) is 32.6. The molecule has 2 aromatic carbocycles. The molecule has 2 unspecified atom stereocenters.